The van der Waals surface area contributed by atoms with Crippen LogP contribution in [0.3, 0.4) is 0 Å². The van der Waals surface area contributed by atoms with E-state index in [1.165, 1.54) is 6.08 Å². The van der Waals surface area contributed by atoms with Gasteiger partial charge in [0.2, 0.25) is 0 Å². The monoisotopic (exact) mass is 352 g/mol. The fraction of sp³-hybridized carbons (Fsp3) is 0.182. The molecule has 0 saturated carbocycles. The molecule has 27 heavy (non-hydrogen) atoms. The normalized spacial score (nSPS) is 15.6. The predicted molar refractivity (Wildman–Crippen MR) is 100 cm³/mol. The second-order valence-electron chi connectivity index (χ2n) is 7.08. The van der Waals surface area contributed by atoms with Gasteiger partial charge in [-0.3, -0.25) is 4.79 Å². The smallest absolute Gasteiger partial charge is 0.187 e. The van der Waals surface area contributed by atoms with Gasteiger partial charge < -0.3 is 5.32 Å². The number of carbonyl (C=O) groups is 1. The predicted octanol–water partition coefficient (Wildman–Crippen LogP) is 3.45. The topological polar surface area (TPSA) is 100 Å². The Labute approximate surface area is 157 Å². The van der Waals surface area contributed by atoms with Gasteiger partial charge in [0.1, 0.15) is 12.1 Å². The summed E-state index contributed by atoms with van der Waals surface area (Å²) in [5.41, 5.74) is 3.59. The zero-order valence-corrected chi connectivity index (χ0v) is 15.0. The molecule has 0 amide bonds. The molecule has 1 heterocycles. The molecule has 5 nitrogen and oxygen atoms in total. The van der Waals surface area contributed by atoms with Gasteiger partial charge in [0.15, 0.2) is 5.78 Å². The molecular weight excluding hydrogens is 336 g/mol. The minimum atomic E-state index is -0.301. The average Bonchev–Trinajstić information content (AvgIpc) is 2.66. The molecule has 1 N–H and O–H groups in total. The first-order valence-electron chi connectivity index (χ1n) is 8.39. The molecular formula is C22H16N4O. The summed E-state index contributed by atoms with van der Waals surface area (Å²) >= 11 is 0. The molecule has 130 valence electrons. The van der Waals surface area contributed by atoms with E-state index in [1.807, 2.05) is 26.0 Å². The van der Waals surface area contributed by atoms with Crippen LogP contribution in [0.4, 0.5) is 0 Å². The van der Waals surface area contributed by atoms with E-state index in [4.69, 9.17) is 5.26 Å². The van der Waals surface area contributed by atoms with Gasteiger partial charge in [-0.15, -0.1) is 0 Å². The molecule has 0 atom stereocenters. The second kappa shape index (κ2) is 6.79. The van der Waals surface area contributed by atoms with Crippen LogP contribution in [0.1, 0.15) is 52.0 Å². The van der Waals surface area contributed by atoms with Gasteiger partial charge in [-0.1, -0.05) is 0 Å². The van der Waals surface area contributed by atoms with Crippen molar-refractivity contribution in [2.45, 2.75) is 25.8 Å². The van der Waals surface area contributed by atoms with Crippen LogP contribution in [0.15, 0.2) is 42.5 Å². The number of hydrogen-bond acceptors (Lipinski definition) is 5. The van der Waals surface area contributed by atoms with Crippen molar-refractivity contribution in [2.24, 2.45) is 0 Å². The summed E-state index contributed by atoms with van der Waals surface area (Å²) < 4.78 is 0. The number of benzene rings is 2. The van der Waals surface area contributed by atoms with E-state index < -0.39 is 0 Å². The Balaban J connectivity index is 2.09. The van der Waals surface area contributed by atoms with Gasteiger partial charge in [-0.25, -0.2) is 0 Å². The Morgan fingerprint density at radius 3 is 2.26 bits per heavy atom. The standard InChI is InChI=1S/C22H16N4O/c1-22(2)10-16-7-17(12-24)18(13-25)8-19(16)20(26-22)9-21(27)15-5-3-14(11-23)4-6-15/h3-9,26H,10H2,1-2H3/b20-9-. The summed E-state index contributed by atoms with van der Waals surface area (Å²) in [5, 5.41) is 30.8. The highest BCUT2D eigenvalue weighted by molar-refractivity contribution is 6.08. The number of nitrogens with zero attached hydrogens (tertiary/aromatic N) is 3. The molecule has 1 aliphatic rings. The lowest BCUT2D eigenvalue weighted by molar-refractivity contribution is 0.104. The number of allylic oxidation sites excluding steroid dienone is 1. The van der Waals surface area contributed by atoms with Crippen LogP contribution in [0.25, 0.3) is 5.70 Å². The molecule has 0 aliphatic carbocycles. The van der Waals surface area contributed by atoms with E-state index in [9.17, 15) is 15.3 Å². The van der Waals surface area contributed by atoms with Crippen molar-refractivity contribution in [3.8, 4) is 18.2 Å². The Kier molecular flexibility index (Phi) is 4.51. The Hall–Kier alpha value is -3.88. The minimum Gasteiger partial charge on any atom is -0.379 e. The van der Waals surface area contributed by atoms with Gasteiger partial charge in [0, 0.05) is 28.4 Å². The fourth-order valence-corrected chi connectivity index (χ4v) is 3.22. The third-order valence-electron chi connectivity index (χ3n) is 4.45. The molecule has 2 aromatic rings. The first-order valence-corrected chi connectivity index (χ1v) is 8.39. The van der Waals surface area contributed by atoms with Gasteiger partial charge in [-0.05, 0) is 62.2 Å². The molecule has 0 saturated heterocycles. The minimum absolute atomic E-state index is 0.200. The van der Waals surface area contributed by atoms with Crippen molar-refractivity contribution < 1.29 is 4.79 Å². The highest BCUT2D eigenvalue weighted by atomic mass is 16.1. The number of carbonyl (C=O) groups excluding carboxylic acids is 1. The Morgan fingerprint density at radius 2 is 1.67 bits per heavy atom. The van der Waals surface area contributed by atoms with Crippen LogP contribution >= 0.6 is 0 Å². The first kappa shape index (κ1) is 17.9. The quantitative estimate of drug-likeness (QED) is 0.659. The number of ketones is 1. The van der Waals surface area contributed by atoms with Crippen LogP contribution in [0, 0.1) is 34.0 Å². The van der Waals surface area contributed by atoms with Crippen molar-refractivity contribution in [1.29, 1.82) is 15.8 Å². The molecule has 0 radical (unpaired) electrons. The third kappa shape index (κ3) is 3.56. The van der Waals surface area contributed by atoms with Crippen molar-refractivity contribution in [3.63, 3.8) is 0 Å². The largest absolute Gasteiger partial charge is 0.379 e. The highest BCUT2D eigenvalue weighted by Crippen LogP contribution is 2.32. The maximum atomic E-state index is 12.7. The average molecular weight is 352 g/mol. The fourth-order valence-electron chi connectivity index (χ4n) is 3.22. The van der Waals surface area contributed by atoms with Crippen LogP contribution in [-0.2, 0) is 6.42 Å². The lowest BCUT2D eigenvalue weighted by atomic mass is 9.83. The van der Waals surface area contributed by atoms with E-state index in [0.717, 1.165) is 11.1 Å². The molecule has 0 fully saturated rings. The molecule has 0 unspecified atom stereocenters. The zero-order valence-electron chi connectivity index (χ0n) is 15.0. The van der Waals surface area contributed by atoms with Gasteiger partial charge in [-0.2, -0.15) is 15.8 Å². The van der Waals surface area contributed by atoms with Crippen LogP contribution < -0.4 is 5.32 Å². The van der Waals surface area contributed by atoms with Crippen LogP contribution in [0.5, 0.6) is 0 Å². The summed E-state index contributed by atoms with van der Waals surface area (Å²) in [6, 6.07) is 16.0. The summed E-state index contributed by atoms with van der Waals surface area (Å²) in [7, 11) is 0. The second-order valence-corrected chi connectivity index (χ2v) is 7.08. The van der Waals surface area contributed by atoms with Crippen molar-refractivity contribution >= 4 is 11.5 Å². The first-order chi connectivity index (χ1) is 12.9. The van der Waals surface area contributed by atoms with E-state index in [-0.39, 0.29) is 16.9 Å². The summed E-state index contributed by atoms with van der Waals surface area (Å²) in [6.45, 7) is 4.03. The zero-order chi connectivity index (χ0) is 19.6. The number of rotatable bonds is 2. The lowest BCUT2D eigenvalue weighted by Crippen LogP contribution is -2.44. The molecule has 0 bridgehead atoms. The Morgan fingerprint density at radius 1 is 1.04 bits per heavy atom. The van der Waals surface area contributed by atoms with E-state index in [0.29, 0.717) is 28.8 Å². The number of hydrogen-bond donors (Lipinski definition) is 1. The summed E-state index contributed by atoms with van der Waals surface area (Å²) in [6.07, 6.45) is 2.18. The molecule has 0 aromatic heterocycles. The number of fused-ring (bicyclic) bond motifs is 1. The lowest BCUT2D eigenvalue weighted by Gasteiger charge is -2.35. The SMILES string of the molecule is CC1(C)Cc2cc(C#N)c(C#N)cc2/C(=C/C(=O)c2ccc(C#N)cc2)N1. The van der Waals surface area contributed by atoms with Crippen LogP contribution in [-0.4, -0.2) is 11.3 Å². The summed E-state index contributed by atoms with van der Waals surface area (Å²) in [5.74, 6) is -0.200. The van der Waals surface area contributed by atoms with E-state index >= 15 is 0 Å². The van der Waals surface area contributed by atoms with Crippen molar-refractivity contribution in [2.75, 3.05) is 0 Å². The summed E-state index contributed by atoms with van der Waals surface area (Å²) in [4.78, 5) is 12.7. The number of nitrogens with one attached hydrogen (secondary N) is 1. The van der Waals surface area contributed by atoms with Crippen molar-refractivity contribution in [3.05, 3.63) is 75.9 Å². The van der Waals surface area contributed by atoms with E-state index in [1.54, 1.807) is 36.4 Å². The molecule has 3 rings (SSSR count). The maximum Gasteiger partial charge on any atom is 0.187 e. The highest BCUT2D eigenvalue weighted by Gasteiger charge is 2.29. The molecule has 5 heteroatoms. The maximum absolute atomic E-state index is 12.7. The number of nitriles is 3. The van der Waals surface area contributed by atoms with Gasteiger partial charge in [0.25, 0.3) is 0 Å². The third-order valence-corrected chi connectivity index (χ3v) is 4.45. The molecule has 0 spiro atoms. The molecule has 1 aliphatic heterocycles. The molecule has 2 aromatic carbocycles. The van der Waals surface area contributed by atoms with E-state index in [2.05, 4.69) is 11.4 Å². The van der Waals surface area contributed by atoms with Crippen LogP contribution in [0.2, 0.25) is 0 Å². The van der Waals surface area contributed by atoms with Crippen molar-refractivity contribution in [1.82, 2.24) is 5.32 Å². The van der Waals surface area contributed by atoms with Gasteiger partial charge >= 0.3 is 0 Å². The van der Waals surface area contributed by atoms with Gasteiger partial charge in [0.05, 0.1) is 22.8 Å². The Bertz CT molecular complexity index is 1090.